The number of rotatable bonds is 3. The number of carbonyl (C=O) groups is 1. The molecule has 0 bridgehead atoms. The maximum Gasteiger partial charge on any atom is 0.256 e. The van der Waals surface area contributed by atoms with Crippen molar-refractivity contribution in [1.29, 1.82) is 0 Å². The summed E-state index contributed by atoms with van der Waals surface area (Å²) < 4.78 is 13.4. The molecule has 2 aromatic rings. The van der Waals surface area contributed by atoms with E-state index in [2.05, 4.69) is 5.32 Å². The predicted molar refractivity (Wildman–Crippen MR) is 82.9 cm³/mol. The van der Waals surface area contributed by atoms with E-state index in [0.29, 0.717) is 16.8 Å². The van der Waals surface area contributed by atoms with Crippen molar-refractivity contribution in [1.82, 2.24) is 0 Å². The molecule has 0 saturated carbocycles. The van der Waals surface area contributed by atoms with E-state index in [1.54, 1.807) is 6.07 Å². The van der Waals surface area contributed by atoms with Crippen molar-refractivity contribution in [3.63, 3.8) is 0 Å². The quantitative estimate of drug-likeness (QED) is 0.907. The first-order valence-corrected chi connectivity index (χ1v) is 6.80. The van der Waals surface area contributed by atoms with Gasteiger partial charge in [0.15, 0.2) is 0 Å². The van der Waals surface area contributed by atoms with E-state index < -0.39 is 0 Å². The van der Waals surface area contributed by atoms with E-state index >= 15 is 0 Å². The molecule has 0 fully saturated rings. The van der Waals surface area contributed by atoms with Crippen molar-refractivity contribution >= 4 is 11.6 Å². The highest BCUT2D eigenvalue weighted by atomic mass is 19.1. The summed E-state index contributed by atoms with van der Waals surface area (Å²) in [5.41, 5.74) is 10.0. The lowest BCUT2D eigenvalue weighted by Gasteiger charge is -2.12. The Morgan fingerprint density at radius 2 is 1.76 bits per heavy atom. The maximum atomic E-state index is 13.4. The van der Waals surface area contributed by atoms with Crippen LogP contribution in [0.5, 0.6) is 0 Å². The largest absolute Gasteiger partial charge is 0.326 e. The molecule has 0 saturated heterocycles. The molecule has 4 heteroatoms. The summed E-state index contributed by atoms with van der Waals surface area (Å²) in [4.78, 5) is 12.4. The summed E-state index contributed by atoms with van der Waals surface area (Å²) in [6.07, 6.45) is 0. The van der Waals surface area contributed by atoms with Crippen molar-refractivity contribution in [2.24, 2.45) is 5.73 Å². The fourth-order valence-corrected chi connectivity index (χ4v) is 2.54. The number of nitrogens with two attached hydrogens (primary N) is 1. The molecule has 0 aliphatic carbocycles. The predicted octanol–water partition coefficient (Wildman–Crippen LogP) is 3.46. The van der Waals surface area contributed by atoms with Gasteiger partial charge in [-0.25, -0.2) is 4.39 Å². The zero-order valence-corrected chi connectivity index (χ0v) is 12.5. The van der Waals surface area contributed by atoms with Gasteiger partial charge in [-0.3, -0.25) is 4.79 Å². The Labute approximate surface area is 124 Å². The van der Waals surface area contributed by atoms with Gasteiger partial charge in [-0.15, -0.1) is 0 Å². The fourth-order valence-electron chi connectivity index (χ4n) is 2.54. The molecule has 0 aliphatic rings. The second-order valence-electron chi connectivity index (χ2n) is 5.24. The van der Waals surface area contributed by atoms with Gasteiger partial charge < -0.3 is 11.1 Å². The lowest BCUT2D eigenvalue weighted by Crippen LogP contribution is -2.15. The number of nitrogens with one attached hydrogen (secondary N) is 1. The maximum absolute atomic E-state index is 13.4. The average Bonchev–Trinajstić information content (AvgIpc) is 2.39. The molecule has 2 aromatic carbocycles. The van der Waals surface area contributed by atoms with Crippen molar-refractivity contribution in [2.75, 3.05) is 5.32 Å². The molecule has 0 heterocycles. The van der Waals surface area contributed by atoms with E-state index in [1.807, 2.05) is 32.9 Å². The third-order valence-electron chi connectivity index (χ3n) is 3.43. The summed E-state index contributed by atoms with van der Waals surface area (Å²) >= 11 is 0. The molecule has 21 heavy (non-hydrogen) atoms. The Morgan fingerprint density at radius 3 is 2.33 bits per heavy atom. The molecule has 0 spiro atoms. The minimum absolute atomic E-state index is 0.0954. The number of amides is 1. The third kappa shape index (κ3) is 3.28. The van der Waals surface area contributed by atoms with E-state index in [1.165, 1.54) is 12.1 Å². The van der Waals surface area contributed by atoms with Crippen molar-refractivity contribution in [3.05, 3.63) is 64.0 Å². The molecule has 0 radical (unpaired) electrons. The number of carbonyl (C=O) groups excluding carboxylic acids is 1. The molecular formula is C17H19FN2O. The summed E-state index contributed by atoms with van der Waals surface area (Å²) in [5, 5.41) is 2.80. The van der Waals surface area contributed by atoms with E-state index in [9.17, 15) is 9.18 Å². The average molecular weight is 286 g/mol. The highest BCUT2D eigenvalue weighted by Gasteiger charge is 2.13. The topological polar surface area (TPSA) is 55.1 Å². The monoisotopic (exact) mass is 286 g/mol. The summed E-state index contributed by atoms with van der Waals surface area (Å²) in [6, 6.07) is 8.35. The zero-order valence-electron chi connectivity index (χ0n) is 12.5. The van der Waals surface area contributed by atoms with E-state index in [0.717, 1.165) is 16.7 Å². The Morgan fingerprint density at radius 1 is 1.14 bits per heavy atom. The van der Waals surface area contributed by atoms with Gasteiger partial charge in [0.05, 0.1) is 0 Å². The number of hydrogen-bond acceptors (Lipinski definition) is 2. The molecule has 1 amide bonds. The van der Waals surface area contributed by atoms with Crippen LogP contribution in [0.15, 0.2) is 30.3 Å². The van der Waals surface area contributed by atoms with Gasteiger partial charge in [0.1, 0.15) is 5.82 Å². The molecule has 2 rings (SSSR count). The van der Waals surface area contributed by atoms with Gasteiger partial charge in [-0.05, 0) is 50.1 Å². The number of benzene rings is 2. The summed E-state index contributed by atoms with van der Waals surface area (Å²) in [7, 11) is 0. The van der Waals surface area contributed by atoms with Crippen LogP contribution in [0.25, 0.3) is 0 Å². The SMILES string of the molecule is Cc1cc(C)c(C(=O)Nc2ccc(F)c(CN)c2)c(C)c1. The Bertz CT molecular complexity index is 672. The van der Waals surface area contributed by atoms with Crippen molar-refractivity contribution in [3.8, 4) is 0 Å². The Hall–Kier alpha value is -2.20. The van der Waals surface area contributed by atoms with Gasteiger partial charge in [0, 0.05) is 23.4 Å². The first-order valence-electron chi connectivity index (χ1n) is 6.80. The van der Waals surface area contributed by atoms with Gasteiger partial charge in [-0.2, -0.15) is 0 Å². The molecule has 0 atom stereocenters. The van der Waals surface area contributed by atoms with Gasteiger partial charge in [-0.1, -0.05) is 17.7 Å². The van der Waals surface area contributed by atoms with Crippen LogP contribution in [0.3, 0.4) is 0 Å². The number of hydrogen-bond donors (Lipinski definition) is 2. The van der Waals surface area contributed by atoms with Crippen molar-refractivity contribution in [2.45, 2.75) is 27.3 Å². The fraction of sp³-hybridized carbons (Fsp3) is 0.235. The molecule has 0 aromatic heterocycles. The lowest BCUT2D eigenvalue weighted by atomic mass is 9.99. The normalized spacial score (nSPS) is 10.5. The van der Waals surface area contributed by atoms with Crippen LogP contribution in [0, 0.1) is 26.6 Å². The van der Waals surface area contributed by atoms with Crippen LogP contribution >= 0.6 is 0 Å². The molecular weight excluding hydrogens is 267 g/mol. The van der Waals surface area contributed by atoms with E-state index in [-0.39, 0.29) is 18.3 Å². The van der Waals surface area contributed by atoms with Gasteiger partial charge in [0.2, 0.25) is 0 Å². The van der Waals surface area contributed by atoms with Crippen LogP contribution in [0.4, 0.5) is 10.1 Å². The van der Waals surface area contributed by atoms with Crippen LogP contribution in [-0.4, -0.2) is 5.91 Å². The van der Waals surface area contributed by atoms with Gasteiger partial charge >= 0.3 is 0 Å². The number of aryl methyl sites for hydroxylation is 3. The highest BCUT2D eigenvalue weighted by Crippen LogP contribution is 2.20. The Balaban J connectivity index is 2.30. The van der Waals surface area contributed by atoms with Crippen LogP contribution in [0.1, 0.15) is 32.6 Å². The number of halogens is 1. The van der Waals surface area contributed by atoms with Crippen molar-refractivity contribution < 1.29 is 9.18 Å². The van der Waals surface area contributed by atoms with Gasteiger partial charge in [0.25, 0.3) is 5.91 Å². The molecule has 3 nitrogen and oxygen atoms in total. The second kappa shape index (κ2) is 6.06. The minimum atomic E-state index is -0.363. The smallest absolute Gasteiger partial charge is 0.256 e. The third-order valence-corrected chi connectivity index (χ3v) is 3.43. The first-order chi connectivity index (χ1) is 9.92. The lowest BCUT2D eigenvalue weighted by molar-refractivity contribution is 0.102. The van der Waals surface area contributed by atoms with Crippen LogP contribution in [0.2, 0.25) is 0 Å². The zero-order chi connectivity index (χ0) is 15.6. The molecule has 0 aliphatic heterocycles. The summed E-state index contributed by atoms with van der Waals surface area (Å²) in [5.74, 6) is -0.558. The van der Waals surface area contributed by atoms with E-state index in [4.69, 9.17) is 5.73 Å². The molecule has 3 N–H and O–H groups in total. The standard InChI is InChI=1S/C17H19FN2O/c1-10-6-11(2)16(12(3)7-10)17(21)20-14-4-5-15(18)13(8-14)9-19/h4-8H,9,19H2,1-3H3,(H,20,21). The first kappa shape index (κ1) is 15.2. The van der Waals surface area contributed by atoms with Crippen LogP contribution < -0.4 is 11.1 Å². The molecule has 110 valence electrons. The van der Waals surface area contributed by atoms with Crippen LogP contribution in [-0.2, 0) is 6.54 Å². The minimum Gasteiger partial charge on any atom is -0.326 e. The second-order valence-corrected chi connectivity index (χ2v) is 5.24. The molecule has 0 unspecified atom stereocenters. The number of anilines is 1. The Kier molecular flexibility index (Phi) is 4.38. The summed E-state index contributed by atoms with van der Waals surface area (Å²) in [6.45, 7) is 5.91. The highest BCUT2D eigenvalue weighted by molar-refractivity contribution is 6.06.